The molecule has 2 aliphatic rings. The Kier molecular flexibility index (Phi) is 4.06. The van der Waals surface area contributed by atoms with Crippen LogP contribution in [-0.2, 0) is 4.79 Å². The lowest BCUT2D eigenvalue weighted by molar-refractivity contribution is -0.216. The summed E-state index contributed by atoms with van der Waals surface area (Å²) in [5, 5.41) is 5.38. The Morgan fingerprint density at radius 1 is 1.25 bits per heavy atom. The van der Waals surface area contributed by atoms with Crippen molar-refractivity contribution in [1.29, 1.82) is 0 Å². The molecule has 0 aromatic carbocycles. The van der Waals surface area contributed by atoms with E-state index in [1.165, 1.54) is 0 Å². The minimum Gasteiger partial charge on any atom is -0.352 e. The van der Waals surface area contributed by atoms with Crippen molar-refractivity contribution in [1.82, 2.24) is 10.6 Å². The summed E-state index contributed by atoms with van der Waals surface area (Å²) in [5.74, 6) is -0.852. The quantitative estimate of drug-likeness (QED) is 0.821. The highest BCUT2D eigenvalue weighted by molar-refractivity contribution is 5.84. The van der Waals surface area contributed by atoms with Crippen molar-refractivity contribution in [3.63, 3.8) is 0 Å². The molecule has 116 valence electrons. The highest BCUT2D eigenvalue weighted by Gasteiger charge is 2.61. The first-order chi connectivity index (χ1) is 9.19. The van der Waals surface area contributed by atoms with E-state index in [1.54, 1.807) is 0 Å². The summed E-state index contributed by atoms with van der Waals surface area (Å²) in [6.45, 7) is 3.96. The number of nitrogens with one attached hydrogen (secondary N) is 2. The van der Waals surface area contributed by atoms with Gasteiger partial charge in [-0.1, -0.05) is 26.7 Å². The zero-order valence-electron chi connectivity index (χ0n) is 12.1. The molecule has 0 radical (unpaired) electrons. The van der Waals surface area contributed by atoms with Crippen LogP contribution in [0.25, 0.3) is 0 Å². The largest absolute Gasteiger partial charge is 0.404 e. The van der Waals surface area contributed by atoms with Gasteiger partial charge in [0, 0.05) is 12.6 Å². The maximum Gasteiger partial charge on any atom is 0.404 e. The summed E-state index contributed by atoms with van der Waals surface area (Å²) in [4.78, 5) is 12.3. The molecule has 20 heavy (non-hydrogen) atoms. The van der Waals surface area contributed by atoms with E-state index in [2.05, 4.69) is 10.6 Å². The van der Waals surface area contributed by atoms with Crippen LogP contribution in [0.5, 0.6) is 0 Å². The molecule has 1 heterocycles. The standard InChI is InChI=1S/C14H23F3N2O/c1-12(2)6-4-3-5-10(12)19-11(20)13(14(15,16)17)7-8-18-9-13/h10,18H,3-9H2,1-2H3,(H,19,20). The van der Waals surface area contributed by atoms with Gasteiger partial charge in [-0.2, -0.15) is 13.2 Å². The molecule has 0 spiro atoms. The molecule has 1 aliphatic heterocycles. The van der Waals surface area contributed by atoms with Crippen LogP contribution < -0.4 is 10.6 Å². The Hall–Kier alpha value is -0.780. The highest BCUT2D eigenvalue weighted by atomic mass is 19.4. The van der Waals surface area contributed by atoms with Crippen LogP contribution in [0.1, 0.15) is 46.0 Å². The lowest BCUT2D eigenvalue weighted by atomic mass is 9.72. The molecule has 3 nitrogen and oxygen atoms in total. The molecule has 1 saturated carbocycles. The van der Waals surface area contributed by atoms with E-state index < -0.39 is 17.5 Å². The molecule has 2 N–H and O–H groups in total. The summed E-state index contributed by atoms with van der Waals surface area (Å²) in [6.07, 6.45) is -0.929. The van der Waals surface area contributed by atoms with Crippen LogP contribution in [0.15, 0.2) is 0 Å². The molecule has 1 aliphatic carbocycles. The number of hydrogen-bond acceptors (Lipinski definition) is 2. The second-order valence-corrected chi connectivity index (χ2v) is 6.77. The van der Waals surface area contributed by atoms with Gasteiger partial charge < -0.3 is 10.6 Å². The van der Waals surface area contributed by atoms with Gasteiger partial charge in [0.05, 0.1) is 0 Å². The Labute approximate surface area is 117 Å². The van der Waals surface area contributed by atoms with Crippen LogP contribution in [0, 0.1) is 10.8 Å². The van der Waals surface area contributed by atoms with E-state index in [0.29, 0.717) is 0 Å². The Morgan fingerprint density at radius 3 is 2.45 bits per heavy atom. The second kappa shape index (κ2) is 5.20. The summed E-state index contributed by atoms with van der Waals surface area (Å²) in [7, 11) is 0. The van der Waals surface area contributed by atoms with E-state index in [-0.39, 0.29) is 31.0 Å². The lowest BCUT2D eigenvalue weighted by Crippen LogP contribution is -2.57. The molecular weight excluding hydrogens is 269 g/mol. The predicted octanol–water partition coefficient (Wildman–Crippen LogP) is 2.61. The van der Waals surface area contributed by atoms with Gasteiger partial charge in [0.15, 0.2) is 5.41 Å². The fourth-order valence-electron chi connectivity index (χ4n) is 3.31. The first-order valence-electron chi connectivity index (χ1n) is 7.27. The number of hydrogen-bond donors (Lipinski definition) is 2. The van der Waals surface area contributed by atoms with Crippen LogP contribution in [0.4, 0.5) is 13.2 Å². The first kappa shape index (κ1) is 15.6. The topological polar surface area (TPSA) is 41.1 Å². The summed E-state index contributed by atoms with van der Waals surface area (Å²) >= 11 is 0. The van der Waals surface area contributed by atoms with Gasteiger partial charge in [-0.3, -0.25) is 4.79 Å². The normalized spacial score (nSPS) is 34.0. The van der Waals surface area contributed by atoms with E-state index in [4.69, 9.17) is 0 Å². The number of carbonyl (C=O) groups is 1. The zero-order chi connectivity index (χ0) is 15.0. The fraction of sp³-hybridized carbons (Fsp3) is 0.929. The monoisotopic (exact) mass is 292 g/mol. The molecule has 6 heteroatoms. The van der Waals surface area contributed by atoms with Crippen LogP contribution in [0.3, 0.4) is 0 Å². The van der Waals surface area contributed by atoms with E-state index in [1.807, 2.05) is 13.8 Å². The van der Waals surface area contributed by atoms with Gasteiger partial charge in [0.1, 0.15) is 0 Å². The smallest absolute Gasteiger partial charge is 0.352 e. The third kappa shape index (κ3) is 2.67. The Bertz CT molecular complexity index is 373. The van der Waals surface area contributed by atoms with Crippen molar-refractivity contribution in [3.05, 3.63) is 0 Å². The minimum absolute atomic E-state index is 0.132. The molecule has 2 rings (SSSR count). The number of amides is 1. The van der Waals surface area contributed by atoms with E-state index in [9.17, 15) is 18.0 Å². The van der Waals surface area contributed by atoms with Crippen molar-refractivity contribution in [3.8, 4) is 0 Å². The first-order valence-corrected chi connectivity index (χ1v) is 7.27. The molecule has 2 fully saturated rings. The zero-order valence-corrected chi connectivity index (χ0v) is 12.1. The molecule has 0 aromatic heterocycles. The van der Waals surface area contributed by atoms with Gasteiger partial charge in [-0.15, -0.1) is 0 Å². The summed E-state index contributed by atoms with van der Waals surface area (Å²) < 4.78 is 39.9. The number of rotatable bonds is 2. The third-order valence-electron chi connectivity index (χ3n) is 4.95. The molecule has 1 amide bonds. The molecule has 2 unspecified atom stereocenters. The van der Waals surface area contributed by atoms with Gasteiger partial charge >= 0.3 is 6.18 Å². The molecular formula is C14H23F3N2O. The maximum absolute atomic E-state index is 13.3. The number of alkyl halides is 3. The van der Waals surface area contributed by atoms with Crippen LogP contribution in [-0.4, -0.2) is 31.2 Å². The van der Waals surface area contributed by atoms with Gasteiger partial charge in [0.2, 0.25) is 5.91 Å². The van der Waals surface area contributed by atoms with Crippen molar-refractivity contribution in [2.24, 2.45) is 10.8 Å². The molecule has 0 aromatic rings. The lowest BCUT2D eigenvalue weighted by Gasteiger charge is -2.41. The maximum atomic E-state index is 13.3. The van der Waals surface area contributed by atoms with Crippen LogP contribution >= 0.6 is 0 Å². The second-order valence-electron chi connectivity index (χ2n) is 6.77. The molecule has 1 saturated heterocycles. The Balaban J connectivity index is 2.13. The van der Waals surface area contributed by atoms with Crippen molar-refractivity contribution in [2.45, 2.75) is 58.2 Å². The third-order valence-corrected chi connectivity index (χ3v) is 4.95. The molecule has 2 atom stereocenters. The van der Waals surface area contributed by atoms with E-state index >= 15 is 0 Å². The van der Waals surface area contributed by atoms with E-state index in [0.717, 1.165) is 25.7 Å². The van der Waals surface area contributed by atoms with Gasteiger partial charge in [-0.25, -0.2) is 0 Å². The molecule has 0 bridgehead atoms. The average Bonchev–Trinajstić information content (AvgIpc) is 2.81. The average molecular weight is 292 g/mol. The summed E-state index contributed by atoms with van der Waals surface area (Å²) in [5.41, 5.74) is -2.38. The van der Waals surface area contributed by atoms with Crippen molar-refractivity contribution < 1.29 is 18.0 Å². The van der Waals surface area contributed by atoms with Gasteiger partial charge in [-0.05, 0) is 31.2 Å². The van der Waals surface area contributed by atoms with Crippen molar-refractivity contribution in [2.75, 3.05) is 13.1 Å². The Morgan fingerprint density at radius 2 is 1.95 bits per heavy atom. The van der Waals surface area contributed by atoms with Gasteiger partial charge in [0.25, 0.3) is 0 Å². The SMILES string of the molecule is CC1(C)CCCCC1NC(=O)C1(C(F)(F)F)CCNC1. The highest BCUT2D eigenvalue weighted by Crippen LogP contribution is 2.44. The number of halogens is 3. The fourth-order valence-corrected chi connectivity index (χ4v) is 3.31. The number of carbonyl (C=O) groups excluding carboxylic acids is 1. The minimum atomic E-state index is -4.50. The van der Waals surface area contributed by atoms with Crippen LogP contribution in [0.2, 0.25) is 0 Å². The predicted molar refractivity (Wildman–Crippen MR) is 70.2 cm³/mol. The summed E-state index contributed by atoms with van der Waals surface area (Å²) in [6, 6.07) is -0.163. The van der Waals surface area contributed by atoms with Crippen molar-refractivity contribution >= 4 is 5.91 Å².